The summed E-state index contributed by atoms with van der Waals surface area (Å²) in [5.41, 5.74) is 1.72. The predicted octanol–water partition coefficient (Wildman–Crippen LogP) is 2.93. The van der Waals surface area contributed by atoms with Crippen molar-refractivity contribution >= 4 is 17.7 Å². The molecule has 1 atom stereocenters. The molecule has 2 heterocycles. The van der Waals surface area contributed by atoms with Crippen LogP contribution in [0.15, 0.2) is 36.5 Å². The molecule has 1 aliphatic rings. The number of methoxy groups -OCH3 is 2. The van der Waals surface area contributed by atoms with Gasteiger partial charge in [0.1, 0.15) is 16.9 Å². The number of thioether (sulfide) groups is 1. The van der Waals surface area contributed by atoms with Crippen molar-refractivity contribution in [2.45, 2.75) is 5.37 Å². The molecular formula is C17H20N2O3S. The molecule has 1 fully saturated rings. The molecule has 122 valence electrons. The van der Waals surface area contributed by atoms with Gasteiger partial charge in [0.25, 0.3) is 5.91 Å². The van der Waals surface area contributed by atoms with Gasteiger partial charge in [-0.2, -0.15) is 0 Å². The first-order chi connectivity index (χ1) is 11.1. The number of benzene rings is 1. The maximum absolute atomic E-state index is 13.0. The zero-order chi connectivity index (χ0) is 16.4. The van der Waals surface area contributed by atoms with Crippen molar-refractivity contribution in [2.24, 2.45) is 7.05 Å². The van der Waals surface area contributed by atoms with Crippen LogP contribution in [0, 0.1) is 0 Å². The van der Waals surface area contributed by atoms with Crippen molar-refractivity contribution in [1.82, 2.24) is 9.47 Å². The van der Waals surface area contributed by atoms with Gasteiger partial charge in [-0.1, -0.05) is 0 Å². The van der Waals surface area contributed by atoms with Crippen LogP contribution in [0.25, 0.3) is 0 Å². The highest BCUT2D eigenvalue weighted by atomic mass is 32.2. The van der Waals surface area contributed by atoms with Crippen LogP contribution in [-0.4, -0.2) is 41.9 Å². The minimum atomic E-state index is -0.00148. The molecule has 6 heteroatoms. The van der Waals surface area contributed by atoms with Crippen LogP contribution in [0.2, 0.25) is 0 Å². The second kappa shape index (κ2) is 6.58. The first-order valence-electron chi connectivity index (χ1n) is 7.41. The summed E-state index contributed by atoms with van der Waals surface area (Å²) >= 11 is 1.79. The third-order valence-corrected chi connectivity index (χ3v) is 5.22. The van der Waals surface area contributed by atoms with E-state index in [1.807, 2.05) is 24.2 Å². The molecule has 0 spiro atoms. The van der Waals surface area contributed by atoms with Crippen molar-refractivity contribution in [3.63, 3.8) is 0 Å². The number of aromatic nitrogens is 1. The van der Waals surface area contributed by atoms with E-state index in [0.717, 1.165) is 18.0 Å². The number of rotatable bonds is 4. The van der Waals surface area contributed by atoms with Gasteiger partial charge >= 0.3 is 0 Å². The van der Waals surface area contributed by atoms with E-state index >= 15 is 0 Å². The molecule has 5 nitrogen and oxygen atoms in total. The Bertz CT molecular complexity index is 691. The molecular weight excluding hydrogens is 312 g/mol. The van der Waals surface area contributed by atoms with Gasteiger partial charge in [-0.3, -0.25) is 4.79 Å². The SMILES string of the molecule is COc1cc(OC)cc(C(=O)N2CCS[C@H]2c2cccn2C)c1. The molecule has 1 aliphatic heterocycles. The fraction of sp³-hybridized carbons (Fsp3) is 0.353. The van der Waals surface area contributed by atoms with Gasteiger partial charge in [-0.15, -0.1) is 11.8 Å². The van der Waals surface area contributed by atoms with E-state index in [-0.39, 0.29) is 11.3 Å². The number of hydrogen-bond acceptors (Lipinski definition) is 4. The van der Waals surface area contributed by atoms with E-state index in [4.69, 9.17) is 9.47 Å². The van der Waals surface area contributed by atoms with Crippen LogP contribution in [0.5, 0.6) is 11.5 Å². The van der Waals surface area contributed by atoms with Crippen molar-refractivity contribution in [1.29, 1.82) is 0 Å². The van der Waals surface area contributed by atoms with Crippen molar-refractivity contribution < 1.29 is 14.3 Å². The third-order valence-electron chi connectivity index (χ3n) is 3.99. The van der Waals surface area contributed by atoms with Crippen molar-refractivity contribution in [3.8, 4) is 11.5 Å². The topological polar surface area (TPSA) is 43.7 Å². The second-order valence-corrected chi connectivity index (χ2v) is 6.56. The van der Waals surface area contributed by atoms with Crippen LogP contribution in [0.1, 0.15) is 21.4 Å². The maximum atomic E-state index is 13.0. The minimum Gasteiger partial charge on any atom is -0.497 e. The third kappa shape index (κ3) is 3.03. The number of aryl methyl sites for hydroxylation is 1. The lowest BCUT2D eigenvalue weighted by Gasteiger charge is -2.24. The first-order valence-corrected chi connectivity index (χ1v) is 8.46. The molecule has 0 unspecified atom stereocenters. The van der Waals surface area contributed by atoms with Gasteiger partial charge in [0, 0.05) is 37.2 Å². The maximum Gasteiger partial charge on any atom is 0.255 e. The summed E-state index contributed by atoms with van der Waals surface area (Å²) in [6.45, 7) is 0.735. The first kappa shape index (κ1) is 15.8. The van der Waals surface area contributed by atoms with E-state index in [1.54, 1.807) is 44.2 Å². The molecule has 0 radical (unpaired) electrons. The molecule has 1 amide bonds. The summed E-state index contributed by atoms with van der Waals surface area (Å²) in [5.74, 6) is 2.17. The second-order valence-electron chi connectivity index (χ2n) is 5.37. The van der Waals surface area contributed by atoms with Crippen LogP contribution in [0.4, 0.5) is 0 Å². The quantitative estimate of drug-likeness (QED) is 0.863. The molecule has 23 heavy (non-hydrogen) atoms. The summed E-state index contributed by atoms with van der Waals surface area (Å²) in [7, 11) is 5.18. The van der Waals surface area contributed by atoms with Gasteiger partial charge in [0.05, 0.1) is 19.9 Å². The number of hydrogen-bond donors (Lipinski definition) is 0. The Morgan fingerprint density at radius 2 is 1.91 bits per heavy atom. The summed E-state index contributed by atoms with van der Waals surface area (Å²) in [6, 6.07) is 9.36. The molecule has 0 aliphatic carbocycles. The number of carbonyl (C=O) groups excluding carboxylic acids is 1. The largest absolute Gasteiger partial charge is 0.497 e. The number of amides is 1. The van der Waals surface area contributed by atoms with E-state index in [2.05, 4.69) is 10.6 Å². The van der Waals surface area contributed by atoms with Gasteiger partial charge in [0.15, 0.2) is 0 Å². The Kier molecular flexibility index (Phi) is 4.52. The average molecular weight is 332 g/mol. The standard InChI is InChI=1S/C17H20N2O3S/c1-18-6-4-5-15(18)17-19(7-8-23-17)16(20)12-9-13(21-2)11-14(10-12)22-3/h4-6,9-11,17H,7-8H2,1-3H3/t17-/m0/s1. The summed E-state index contributed by atoms with van der Waals surface area (Å²) in [5, 5.41) is 0.0414. The highest BCUT2D eigenvalue weighted by Gasteiger charge is 2.32. The number of ether oxygens (including phenoxy) is 2. The lowest BCUT2D eigenvalue weighted by atomic mass is 10.1. The normalized spacial score (nSPS) is 17.3. The lowest BCUT2D eigenvalue weighted by molar-refractivity contribution is 0.0756. The highest BCUT2D eigenvalue weighted by molar-refractivity contribution is 7.99. The Morgan fingerprint density at radius 1 is 1.22 bits per heavy atom. The Morgan fingerprint density at radius 3 is 2.48 bits per heavy atom. The van der Waals surface area contributed by atoms with Gasteiger partial charge in [0.2, 0.25) is 0 Å². The molecule has 0 N–H and O–H groups in total. The van der Waals surface area contributed by atoms with E-state index in [0.29, 0.717) is 17.1 Å². The van der Waals surface area contributed by atoms with E-state index < -0.39 is 0 Å². The molecule has 3 rings (SSSR count). The lowest BCUT2D eigenvalue weighted by Crippen LogP contribution is -2.31. The molecule has 0 bridgehead atoms. The molecule has 1 saturated heterocycles. The molecule has 1 aromatic heterocycles. The molecule has 0 saturated carbocycles. The van der Waals surface area contributed by atoms with Crippen molar-refractivity contribution in [2.75, 3.05) is 26.5 Å². The van der Waals surface area contributed by atoms with Crippen LogP contribution >= 0.6 is 11.8 Å². The molecule has 1 aromatic carbocycles. The fourth-order valence-electron chi connectivity index (χ4n) is 2.75. The predicted molar refractivity (Wildman–Crippen MR) is 91.2 cm³/mol. The van der Waals surface area contributed by atoms with Gasteiger partial charge in [-0.25, -0.2) is 0 Å². The average Bonchev–Trinajstić information content (AvgIpc) is 3.21. The Hall–Kier alpha value is -2.08. The Labute approximate surface area is 140 Å². The van der Waals surface area contributed by atoms with Crippen LogP contribution in [0.3, 0.4) is 0 Å². The van der Waals surface area contributed by atoms with Gasteiger partial charge in [-0.05, 0) is 24.3 Å². The number of nitrogens with zero attached hydrogens (tertiary/aromatic N) is 2. The van der Waals surface area contributed by atoms with E-state index in [9.17, 15) is 4.79 Å². The van der Waals surface area contributed by atoms with Crippen molar-refractivity contribution in [3.05, 3.63) is 47.8 Å². The van der Waals surface area contributed by atoms with E-state index in [1.165, 1.54) is 0 Å². The van der Waals surface area contributed by atoms with Gasteiger partial charge < -0.3 is 18.9 Å². The minimum absolute atomic E-state index is 0.00148. The highest BCUT2D eigenvalue weighted by Crippen LogP contribution is 2.39. The smallest absolute Gasteiger partial charge is 0.255 e. The number of carbonyl (C=O) groups is 1. The summed E-state index contributed by atoms with van der Waals surface area (Å²) < 4.78 is 12.6. The fourth-order valence-corrected chi connectivity index (χ4v) is 4.07. The zero-order valence-electron chi connectivity index (χ0n) is 13.5. The van der Waals surface area contributed by atoms with Crippen LogP contribution in [-0.2, 0) is 7.05 Å². The zero-order valence-corrected chi connectivity index (χ0v) is 14.3. The molecule has 2 aromatic rings. The van der Waals surface area contributed by atoms with Crippen LogP contribution < -0.4 is 9.47 Å². The Balaban J connectivity index is 1.91. The monoisotopic (exact) mass is 332 g/mol. The summed E-state index contributed by atoms with van der Waals surface area (Å²) in [6.07, 6.45) is 2.01. The summed E-state index contributed by atoms with van der Waals surface area (Å²) in [4.78, 5) is 14.9.